The summed E-state index contributed by atoms with van der Waals surface area (Å²) in [4.78, 5) is 16.1. The molecule has 0 saturated carbocycles. The molecule has 4 nitrogen and oxygen atoms in total. The number of methoxy groups -OCH3 is 1. The number of nitrogens with one attached hydrogen (secondary N) is 1. The van der Waals surface area contributed by atoms with Crippen LogP contribution in [0.5, 0.6) is 5.75 Å². The van der Waals surface area contributed by atoms with Crippen molar-refractivity contribution in [2.24, 2.45) is 0 Å². The molecule has 0 atom stereocenters. The molecule has 1 aromatic heterocycles. The Labute approximate surface area is 126 Å². The second-order valence-electron chi connectivity index (χ2n) is 3.26. The van der Waals surface area contributed by atoms with Gasteiger partial charge in [-0.25, -0.2) is 4.98 Å². The number of halogens is 2. The molecule has 18 heavy (non-hydrogen) atoms. The summed E-state index contributed by atoms with van der Waals surface area (Å²) in [6, 6.07) is 3.31. The maximum absolute atomic E-state index is 12.1. The van der Waals surface area contributed by atoms with E-state index in [2.05, 4.69) is 32.9 Å². The first-order chi connectivity index (χ1) is 8.61. The Kier molecular flexibility index (Phi) is 4.41. The van der Waals surface area contributed by atoms with Crippen molar-refractivity contribution in [3.63, 3.8) is 0 Å². The van der Waals surface area contributed by atoms with E-state index in [0.29, 0.717) is 21.5 Å². The van der Waals surface area contributed by atoms with Crippen molar-refractivity contribution >= 4 is 56.6 Å². The average Bonchev–Trinajstić information content (AvgIpc) is 2.84. The SMILES string of the molecule is COc1cc(I)c(Cl)cc1C(=O)Nc1nccs1. The van der Waals surface area contributed by atoms with Crippen molar-refractivity contribution in [2.45, 2.75) is 0 Å². The summed E-state index contributed by atoms with van der Waals surface area (Å²) >= 11 is 9.44. The highest BCUT2D eigenvalue weighted by atomic mass is 127. The molecule has 0 radical (unpaired) electrons. The van der Waals surface area contributed by atoms with E-state index in [4.69, 9.17) is 16.3 Å². The summed E-state index contributed by atoms with van der Waals surface area (Å²) in [7, 11) is 1.51. The molecule has 0 unspecified atom stereocenters. The molecule has 2 aromatic rings. The van der Waals surface area contributed by atoms with Crippen LogP contribution in [0.25, 0.3) is 0 Å². The van der Waals surface area contributed by atoms with E-state index in [1.807, 2.05) is 0 Å². The van der Waals surface area contributed by atoms with E-state index in [1.165, 1.54) is 18.4 Å². The maximum Gasteiger partial charge on any atom is 0.261 e. The predicted octanol–water partition coefficient (Wildman–Crippen LogP) is 3.66. The number of carbonyl (C=O) groups excluding carboxylic acids is 1. The third kappa shape index (κ3) is 2.93. The van der Waals surface area contributed by atoms with E-state index in [0.717, 1.165) is 3.57 Å². The van der Waals surface area contributed by atoms with E-state index < -0.39 is 0 Å². The molecular formula is C11H8ClIN2O2S. The van der Waals surface area contributed by atoms with Gasteiger partial charge in [-0.15, -0.1) is 11.3 Å². The maximum atomic E-state index is 12.1. The quantitative estimate of drug-likeness (QED) is 0.808. The molecule has 94 valence electrons. The standard InChI is InChI=1S/C11H8ClIN2O2S/c1-17-9-5-8(13)7(12)4-6(9)10(16)15-11-14-2-3-18-11/h2-5H,1H3,(H,14,15,16). The topological polar surface area (TPSA) is 51.2 Å². The number of aromatic nitrogens is 1. The van der Waals surface area contributed by atoms with Crippen LogP contribution in [0.1, 0.15) is 10.4 Å². The van der Waals surface area contributed by atoms with Crippen LogP contribution in [0.2, 0.25) is 5.02 Å². The first-order valence-electron chi connectivity index (χ1n) is 4.85. The number of benzene rings is 1. The van der Waals surface area contributed by atoms with Crippen molar-refractivity contribution in [2.75, 3.05) is 12.4 Å². The number of hydrogen-bond acceptors (Lipinski definition) is 4. The normalized spacial score (nSPS) is 10.2. The molecule has 1 heterocycles. The van der Waals surface area contributed by atoms with Gasteiger partial charge in [0, 0.05) is 15.1 Å². The highest BCUT2D eigenvalue weighted by Gasteiger charge is 2.15. The fourth-order valence-corrected chi connectivity index (χ4v) is 2.45. The summed E-state index contributed by atoms with van der Waals surface area (Å²) in [6.45, 7) is 0. The lowest BCUT2D eigenvalue weighted by atomic mass is 10.2. The van der Waals surface area contributed by atoms with E-state index >= 15 is 0 Å². The number of thiazole rings is 1. The van der Waals surface area contributed by atoms with Gasteiger partial charge in [0.1, 0.15) is 5.75 Å². The monoisotopic (exact) mass is 394 g/mol. The van der Waals surface area contributed by atoms with Crippen molar-refractivity contribution in [3.05, 3.63) is 37.9 Å². The highest BCUT2D eigenvalue weighted by Crippen LogP contribution is 2.28. The highest BCUT2D eigenvalue weighted by molar-refractivity contribution is 14.1. The van der Waals surface area contributed by atoms with E-state index in [9.17, 15) is 4.79 Å². The van der Waals surface area contributed by atoms with Gasteiger partial charge in [0.2, 0.25) is 0 Å². The van der Waals surface area contributed by atoms with Crippen LogP contribution < -0.4 is 10.1 Å². The number of hydrogen-bond donors (Lipinski definition) is 1. The fraction of sp³-hybridized carbons (Fsp3) is 0.0909. The minimum Gasteiger partial charge on any atom is -0.496 e. The Bertz CT molecular complexity index is 575. The van der Waals surface area contributed by atoms with Gasteiger partial charge in [-0.1, -0.05) is 11.6 Å². The molecule has 0 bridgehead atoms. The van der Waals surface area contributed by atoms with Crippen LogP contribution in [0.15, 0.2) is 23.7 Å². The summed E-state index contributed by atoms with van der Waals surface area (Å²) in [5.74, 6) is 0.193. The zero-order valence-corrected chi connectivity index (χ0v) is 13.0. The third-order valence-corrected chi connectivity index (χ3v) is 4.35. The molecular weight excluding hydrogens is 387 g/mol. The number of rotatable bonds is 3. The van der Waals surface area contributed by atoms with Crippen LogP contribution in [0, 0.1) is 3.57 Å². The zero-order valence-electron chi connectivity index (χ0n) is 9.24. The first kappa shape index (κ1) is 13.6. The van der Waals surface area contributed by atoms with Gasteiger partial charge in [-0.2, -0.15) is 0 Å². The Morgan fingerprint density at radius 3 is 2.94 bits per heavy atom. The molecule has 7 heteroatoms. The van der Waals surface area contributed by atoms with Crippen LogP contribution in [0.4, 0.5) is 5.13 Å². The Morgan fingerprint density at radius 2 is 2.33 bits per heavy atom. The minimum absolute atomic E-state index is 0.292. The average molecular weight is 395 g/mol. The number of nitrogens with zero attached hydrogens (tertiary/aromatic N) is 1. The smallest absolute Gasteiger partial charge is 0.261 e. The van der Waals surface area contributed by atoms with Gasteiger partial charge in [0.25, 0.3) is 5.91 Å². The largest absolute Gasteiger partial charge is 0.496 e. The minimum atomic E-state index is -0.292. The Morgan fingerprint density at radius 1 is 1.56 bits per heavy atom. The zero-order chi connectivity index (χ0) is 13.1. The summed E-state index contributed by atoms with van der Waals surface area (Å²) in [6.07, 6.45) is 1.62. The third-order valence-electron chi connectivity index (χ3n) is 2.14. The summed E-state index contributed by atoms with van der Waals surface area (Å²) in [5.41, 5.74) is 0.387. The number of amides is 1. The van der Waals surface area contributed by atoms with Crippen molar-refractivity contribution in [3.8, 4) is 5.75 Å². The lowest BCUT2D eigenvalue weighted by Crippen LogP contribution is -2.13. The molecule has 2 rings (SSSR count). The molecule has 0 fully saturated rings. The summed E-state index contributed by atoms with van der Waals surface area (Å²) in [5, 5.41) is 5.53. The summed E-state index contributed by atoms with van der Waals surface area (Å²) < 4.78 is 6.01. The molecule has 1 amide bonds. The number of ether oxygens (including phenoxy) is 1. The van der Waals surface area contributed by atoms with Gasteiger partial charge in [0.05, 0.1) is 17.7 Å². The molecule has 0 saturated heterocycles. The van der Waals surface area contributed by atoms with E-state index in [1.54, 1.807) is 23.7 Å². The van der Waals surface area contributed by atoms with Crippen molar-refractivity contribution in [1.82, 2.24) is 4.98 Å². The second-order valence-corrected chi connectivity index (χ2v) is 5.72. The predicted molar refractivity (Wildman–Crippen MR) is 80.8 cm³/mol. The molecule has 0 aliphatic rings. The lowest BCUT2D eigenvalue weighted by molar-refractivity contribution is 0.102. The Balaban J connectivity index is 2.32. The number of carbonyl (C=O) groups is 1. The Hall–Kier alpha value is -0.860. The van der Waals surface area contributed by atoms with Crippen LogP contribution in [0.3, 0.4) is 0 Å². The van der Waals surface area contributed by atoms with Crippen LogP contribution in [-0.4, -0.2) is 18.0 Å². The molecule has 0 spiro atoms. The van der Waals surface area contributed by atoms with Gasteiger partial charge in [-0.05, 0) is 34.7 Å². The molecule has 0 aliphatic heterocycles. The molecule has 1 aromatic carbocycles. The van der Waals surface area contributed by atoms with Crippen molar-refractivity contribution < 1.29 is 9.53 Å². The van der Waals surface area contributed by atoms with Gasteiger partial charge < -0.3 is 4.74 Å². The van der Waals surface area contributed by atoms with Gasteiger partial charge in [-0.3, -0.25) is 10.1 Å². The van der Waals surface area contributed by atoms with Gasteiger partial charge >= 0.3 is 0 Å². The molecule has 0 aliphatic carbocycles. The van der Waals surface area contributed by atoms with Gasteiger partial charge in [0.15, 0.2) is 5.13 Å². The molecule has 1 N–H and O–H groups in total. The lowest BCUT2D eigenvalue weighted by Gasteiger charge is -2.09. The van der Waals surface area contributed by atoms with E-state index in [-0.39, 0.29) is 5.91 Å². The van der Waals surface area contributed by atoms with Crippen LogP contribution in [-0.2, 0) is 0 Å². The second kappa shape index (κ2) is 5.85. The number of anilines is 1. The van der Waals surface area contributed by atoms with Crippen molar-refractivity contribution in [1.29, 1.82) is 0 Å². The van der Waals surface area contributed by atoms with Crippen LogP contribution >= 0.6 is 45.5 Å². The first-order valence-corrected chi connectivity index (χ1v) is 7.19. The fourth-order valence-electron chi connectivity index (χ4n) is 1.32.